The van der Waals surface area contributed by atoms with Crippen molar-refractivity contribution in [1.82, 2.24) is 16.0 Å². The van der Waals surface area contributed by atoms with Crippen LogP contribution in [0.1, 0.15) is 92.1 Å². The second-order valence-corrected chi connectivity index (χ2v) is 12.1. The van der Waals surface area contributed by atoms with Gasteiger partial charge in [-0.25, -0.2) is 4.79 Å². The Bertz CT molecular complexity index is 1040. The fourth-order valence-corrected chi connectivity index (χ4v) is 4.43. The number of benzene rings is 1. The van der Waals surface area contributed by atoms with Crippen LogP contribution in [0.4, 0.5) is 0 Å². The number of esters is 2. The third-order valence-corrected chi connectivity index (χ3v) is 6.48. The number of unbranched alkanes of at least 4 members (excludes halogenated alkanes) is 1. The quantitative estimate of drug-likeness (QED) is 0.113. The van der Waals surface area contributed by atoms with Gasteiger partial charge in [0.05, 0.1) is 6.26 Å². The zero-order valence-electron chi connectivity index (χ0n) is 26.6. The molecule has 0 aromatic heterocycles. The average molecular weight is 602 g/mol. The van der Waals surface area contributed by atoms with Crippen molar-refractivity contribution in [2.45, 2.75) is 111 Å². The normalized spacial score (nSPS) is 13.1. The van der Waals surface area contributed by atoms with Crippen LogP contribution >= 0.6 is 0 Å². The topological polar surface area (TPSA) is 140 Å². The van der Waals surface area contributed by atoms with Gasteiger partial charge in [0, 0.05) is 12.8 Å². The first-order chi connectivity index (χ1) is 20.3. The number of carbonyl (C=O) groups excluding carboxylic acids is 5. The maximum absolute atomic E-state index is 13.3. The lowest BCUT2D eigenvalue weighted by Gasteiger charge is -2.27. The lowest BCUT2D eigenvalue weighted by Crippen LogP contribution is -2.56. The van der Waals surface area contributed by atoms with Crippen molar-refractivity contribution in [3.8, 4) is 0 Å². The van der Waals surface area contributed by atoms with E-state index in [1.165, 1.54) is 0 Å². The molecule has 1 aromatic carbocycles. The number of carbonyl (C=O) groups is 5. The Hall–Kier alpha value is -3.69. The second kappa shape index (κ2) is 20.3. The van der Waals surface area contributed by atoms with Crippen LogP contribution in [0.2, 0.25) is 0 Å². The summed E-state index contributed by atoms with van der Waals surface area (Å²) in [6.45, 7) is 15.2. The number of ether oxygens (including phenoxy) is 2. The van der Waals surface area contributed by atoms with Crippen molar-refractivity contribution in [3.05, 3.63) is 48.7 Å². The number of hydrogen-bond donors (Lipinski definition) is 3. The SMILES string of the molecule is C=COC(=O)[C@H](CC(C)C)NC(=O)[C@H](CC(C)C)NC(=O)[C@H](CC(C)C)NC(=O)CCCCC(=O)OCc1ccccc1. The smallest absolute Gasteiger partial charge is 0.333 e. The molecule has 0 saturated heterocycles. The molecule has 240 valence electrons. The lowest BCUT2D eigenvalue weighted by atomic mass is 9.99. The minimum Gasteiger partial charge on any atom is -0.461 e. The van der Waals surface area contributed by atoms with E-state index in [0.29, 0.717) is 32.1 Å². The molecule has 0 radical (unpaired) electrons. The minimum absolute atomic E-state index is 0.0669. The summed E-state index contributed by atoms with van der Waals surface area (Å²) < 4.78 is 10.2. The van der Waals surface area contributed by atoms with Gasteiger partial charge in [-0.15, -0.1) is 0 Å². The standard InChI is InChI=1S/C33H51N3O7/c1-8-42-33(41)28(20-24(6)7)36-32(40)27(19-23(4)5)35-31(39)26(18-22(2)3)34-29(37)16-12-13-17-30(38)43-21-25-14-10-9-11-15-25/h8-11,14-15,22-24,26-28H,1,12-13,16-21H2,2-7H3,(H,34,37)(H,35,39)(H,36,40)/t26-,27-,28-/m0/s1. The van der Waals surface area contributed by atoms with Gasteiger partial charge >= 0.3 is 11.9 Å². The van der Waals surface area contributed by atoms with E-state index in [9.17, 15) is 24.0 Å². The van der Waals surface area contributed by atoms with Crippen LogP contribution in [0, 0.1) is 17.8 Å². The molecule has 0 aliphatic rings. The van der Waals surface area contributed by atoms with E-state index in [-0.39, 0.29) is 49.1 Å². The molecule has 10 heteroatoms. The van der Waals surface area contributed by atoms with Crippen molar-refractivity contribution in [2.24, 2.45) is 17.8 Å². The summed E-state index contributed by atoms with van der Waals surface area (Å²) in [7, 11) is 0. The molecule has 1 rings (SSSR count). The van der Waals surface area contributed by atoms with Crippen molar-refractivity contribution >= 4 is 29.7 Å². The predicted molar refractivity (Wildman–Crippen MR) is 165 cm³/mol. The second-order valence-electron chi connectivity index (χ2n) is 12.1. The van der Waals surface area contributed by atoms with E-state index in [4.69, 9.17) is 9.47 Å². The Kier molecular flexibility index (Phi) is 17.6. The molecule has 43 heavy (non-hydrogen) atoms. The highest BCUT2D eigenvalue weighted by Gasteiger charge is 2.31. The number of hydrogen-bond acceptors (Lipinski definition) is 7. The zero-order chi connectivity index (χ0) is 32.4. The molecule has 0 spiro atoms. The number of nitrogens with one attached hydrogen (secondary N) is 3. The number of amides is 3. The van der Waals surface area contributed by atoms with Gasteiger partial charge in [0.25, 0.3) is 0 Å². The Morgan fingerprint density at radius 3 is 1.74 bits per heavy atom. The first-order valence-corrected chi connectivity index (χ1v) is 15.2. The molecule has 0 unspecified atom stereocenters. The maximum atomic E-state index is 13.3. The van der Waals surface area contributed by atoms with E-state index in [1.54, 1.807) is 0 Å². The molecule has 0 heterocycles. The molecular formula is C33H51N3O7. The highest BCUT2D eigenvalue weighted by molar-refractivity contribution is 5.93. The van der Waals surface area contributed by atoms with Gasteiger partial charge in [-0.05, 0) is 55.4 Å². The molecular weight excluding hydrogens is 550 g/mol. The van der Waals surface area contributed by atoms with Gasteiger partial charge < -0.3 is 25.4 Å². The van der Waals surface area contributed by atoms with Gasteiger partial charge in [0.2, 0.25) is 17.7 Å². The fourth-order valence-electron chi connectivity index (χ4n) is 4.43. The van der Waals surface area contributed by atoms with Crippen LogP contribution < -0.4 is 16.0 Å². The highest BCUT2D eigenvalue weighted by Crippen LogP contribution is 2.12. The fraction of sp³-hybridized carbons (Fsp3) is 0.606. The third-order valence-electron chi connectivity index (χ3n) is 6.48. The molecule has 10 nitrogen and oxygen atoms in total. The van der Waals surface area contributed by atoms with Gasteiger partial charge in [-0.2, -0.15) is 0 Å². The van der Waals surface area contributed by atoms with E-state index in [0.717, 1.165) is 11.8 Å². The highest BCUT2D eigenvalue weighted by atomic mass is 16.5. The summed E-state index contributed by atoms with van der Waals surface area (Å²) in [6.07, 6.45) is 3.37. The van der Waals surface area contributed by atoms with Crippen LogP contribution in [-0.2, 0) is 40.1 Å². The first-order valence-electron chi connectivity index (χ1n) is 15.2. The summed E-state index contributed by atoms with van der Waals surface area (Å²) in [5.74, 6) is -1.97. The largest absolute Gasteiger partial charge is 0.461 e. The Morgan fingerprint density at radius 1 is 0.721 bits per heavy atom. The maximum Gasteiger partial charge on any atom is 0.333 e. The van der Waals surface area contributed by atoms with Gasteiger partial charge in [-0.3, -0.25) is 19.2 Å². The van der Waals surface area contributed by atoms with Crippen LogP contribution in [0.25, 0.3) is 0 Å². The minimum atomic E-state index is -0.910. The van der Waals surface area contributed by atoms with Crippen molar-refractivity contribution < 1.29 is 33.4 Å². The molecule has 1 aromatic rings. The van der Waals surface area contributed by atoms with Crippen LogP contribution in [-0.4, -0.2) is 47.8 Å². The van der Waals surface area contributed by atoms with Crippen LogP contribution in [0.15, 0.2) is 43.2 Å². The summed E-state index contributed by atoms with van der Waals surface area (Å²) in [5, 5.41) is 8.32. The Balaban J connectivity index is 2.73. The van der Waals surface area contributed by atoms with Crippen molar-refractivity contribution in [2.75, 3.05) is 0 Å². The monoisotopic (exact) mass is 601 g/mol. The molecule has 0 bridgehead atoms. The Labute approximate surface area is 256 Å². The summed E-state index contributed by atoms with van der Waals surface area (Å²) in [4.78, 5) is 63.8. The summed E-state index contributed by atoms with van der Waals surface area (Å²) in [6, 6.07) is 6.75. The van der Waals surface area contributed by atoms with E-state index < -0.39 is 35.9 Å². The molecule has 0 saturated carbocycles. The van der Waals surface area contributed by atoms with Crippen molar-refractivity contribution in [3.63, 3.8) is 0 Å². The van der Waals surface area contributed by atoms with E-state index in [1.807, 2.05) is 71.9 Å². The van der Waals surface area contributed by atoms with E-state index in [2.05, 4.69) is 22.5 Å². The number of rotatable bonds is 20. The Morgan fingerprint density at radius 2 is 1.21 bits per heavy atom. The molecule has 0 fully saturated rings. The van der Waals surface area contributed by atoms with Gasteiger partial charge in [0.15, 0.2) is 0 Å². The van der Waals surface area contributed by atoms with Gasteiger partial charge in [-0.1, -0.05) is 78.5 Å². The molecule has 3 N–H and O–H groups in total. The van der Waals surface area contributed by atoms with E-state index >= 15 is 0 Å². The zero-order valence-corrected chi connectivity index (χ0v) is 26.6. The molecule has 3 amide bonds. The lowest BCUT2D eigenvalue weighted by molar-refractivity contribution is -0.145. The molecule has 3 atom stereocenters. The summed E-state index contributed by atoms with van der Waals surface area (Å²) in [5.41, 5.74) is 0.906. The molecule has 0 aliphatic carbocycles. The first kappa shape index (κ1) is 37.3. The van der Waals surface area contributed by atoms with Crippen molar-refractivity contribution in [1.29, 1.82) is 0 Å². The van der Waals surface area contributed by atoms with Crippen LogP contribution in [0.3, 0.4) is 0 Å². The van der Waals surface area contributed by atoms with Crippen LogP contribution in [0.5, 0.6) is 0 Å². The van der Waals surface area contributed by atoms with Gasteiger partial charge in [0.1, 0.15) is 24.7 Å². The predicted octanol–water partition coefficient (Wildman–Crippen LogP) is 4.57. The average Bonchev–Trinajstić information content (AvgIpc) is 2.93. The molecule has 0 aliphatic heterocycles. The summed E-state index contributed by atoms with van der Waals surface area (Å²) >= 11 is 0. The third kappa shape index (κ3) is 16.5.